The molecule has 0 spiro atoms. The summed E-state index contributed by atoms with van der Waals surface area (Å²) in [6.45, 7) is 6.00. The van der Waals surface area contributed by atoms with Gasteiger partial charge in [-0.05, 0) is 32.1 Å². The van der Waals surface area contributed by atoms with E-state index in [0.717, 1.165) is 31.0 Å². The molecular formula is C19H29IN4S2. The van der Waals surface area contributed by atoms with Gasteiger partial charge in [0.2, 0.25) is 0 Å². The van der Waals surface area contributed by atoms with Gasteiger partial charge in [-0.25, -0.2) is 4.98 Å². The molecule has 2 rings (SSSR count). The van der Waals surface area contributed by atoms with Gasteiger partial charge in [-0.1, -0.05) is 30.3 Å². The van der Waals surface area contributed by atoms with Gasteiger partial charge < -0.3 is 10.6 Å². The van der Waals surface area contributed by atoms with Gasteiger partial charge in [-0.15, -0.1) is 35.3 Å². The van der Waals surface area contributed by atoms with Crippen LogP contribution in [0.1, 0.15) is 30.1 Å². The Kier molecular flexibility index (Phi) is 10.6. The first kappa shape index (κ1) is 23.2. The van der Waals surface area contributed by atoms with Crippen LogP contribution in [0.5, 0.6) is 0 Å². The number of guanidine groups is 1. The molecule has 0 amide bonds. The molecule has 1 aromatic heterocycles. The van der Waals surface area contributed by atoms with Gasteiger partial charge in [-0.2, -0.15) is 11.8 Å². The smallest absolute Gasteiger partial charge is 0.191 e. The fourth-order valence-corrected chi connectivity index (χ4v) is 3.22. The molecule has 0 aliphatic carbocycles. The zero-order chi connectivity index (χ0) is 18.1. The van der Waals surface area contributed by atoms with Crippen LogP contribution in [0.25, 0.3) is 0 Å². The maximum atomic E-state index is 4.73. The predicted molar refractivity (Wildman–Crippen MR) is 127 cm³/mol. The van der Waals surface area contributed by atoms with Crippen LogP contribution in [-0.2, 0) is 19.4 Å². The molecule has 0 unspecified atom stereocenters. The number of thiazole rings is 1. The second kappa shape index (κ2) is 11.8. The second-order valence-electron chi connectivity index (χ2n) is 6.46. The van der Waals surface area contributed by atoms with Crippen LogP contribution in [0.4, 0.5) is 0 Å². The molecular weight excluding hydrogens is 475 g/mol. The maximum absolute atomic E-state index is 4.73. The summed E-state index contributed by atoms with van der Waals surface area (Å²) in [5.74, 6) is 0.820. The molecule has 0 saturated carbocycles. The summed E-state index contributed by atoms with van der Waals surface area (Å²) in [5, 5.41) is 10.0. The van der Waals surface area contributed by atoms with Crippen molar-refractivity contribution in [3.8, 4) is 0 Å². The molecule has 2 N–H and O–H groups in total. The molecule has 0 bridgehead atoms. The number of hydrogen-bond donors (Lipinski definition) is 2. The van der Waals surface area contributed by atoms with Crippen LogP contribution in [0.15, 0.2) is 40.7 Å². The van der Waals surface area contributed by atoms with Crippen molar-refractivity contribution >= 4 is 53.0 Å². The number of thioether (sulfide) groups is 1. The zero-order valence-electron chi connectivity index (χ0n) is 15.9. The molecule has 0 fully saturated rings. The van der Waals surface area contributed by atoms with Crippen LogP contribution in [0.3, 0.4) is 0 Å². The lowest BCUT2D eigenvalue weighted by Gasteiger charge is -2.23. The summed E-state index contributed by atoms with van der Waals surface area (Å²) in [4.78, 5) is 9.01. The number of rotatable bonds is 8. The van der Waals surface area contributed by atoms with Gasteiger partial charge in [0.1, 0.15) is 0 Å². The van der Waals surface area contributed by atoms with Crippen LogP contribution >= 0.6 is 47.1 Å². The molecule has 144 valence electrons. The number of halogens is 1. The highest BCUT2D eigenvalue weighted by atomic mass is 127. The molecule has 2 aromatic rings. The molecule has 0 atom stereocenters. The Morgan fingerprint density at radius 1 is 1.19 bits per heavy atom. The fourth-order valence-electron chi connectivity index (χ4n) is 2.20. The van der Waals surface area contributed by atoms with Crippen LogP contribution in [0, 0.1) is 0 Å². The van der Waals surface area contributed by atoms with Gasteiger partial charge in [0.05, 0.1) is 17.2 Å². The van der Waals surface area contributed by atoms with Crippen molar-refractivity contribution in [3.05, 3.63) is 52.0 Å². The van der Waals surface area contributed by atoms with Crippen LogP contribution in [0.2, 0.25) is 0 Å². The third kappa shape index (κ3) is 8.26. The Morgan fingerprint density at radius 2 is 1.92 bits per heavy atom. The molecule has 4 nitrogen and oxygen atoms in total. The summed E-state index contributed by atoms with van der Waals surface area (Å²) in [7, 11) is 1.80. The first-order valence-electron chi connectivity index (χ1n) is 8.49. The van der Waals surface area contributed by atoms with Crippen molar-refractivity contribution in [3.63, 3.8) is 0 Å². The van der Waals surface area contributed by atoms with E-state index in [9.17, 15) is 0 Å². The Balaban J connectivity index is 0.00000338. The topological polar surface area (TPSA) is 49.3 Å². The molecule has 7 heteroatoms. The quantitative estimate of drug-likeness (QED) is 0.319. The average Bonchev–Trinajstić information content (AvgIpc) is 3.09. The minimum Gasteiger partial charge on any atom is -0.355 e. The predicted octanol–water partition coefficient (Wildman–Crippen LogP) is 4.35. The van der Waals surface area contributed by atoms with Crippen LogP contribution in [-0.4, -0.2) is 35.5 Å². The molecule has 1 aromatic carbocycles. The number of benzene rings is 1. The Morgan fingerprint density at radius 3 is 2.58 bits per heavy atom. The van der Waals surface area contributed by atoms with Crippen molar-refractivity contribution in [2.75, 3.05) is 19.8 Å². The lowest BCUT2D eigenvalue weighted by Crippen LogP contribution is -2.43. The lowest BCUT2D eigenvalue weighted by atomic mass is 10.1. The van der Waals surface area contributed by atoms with E-state index in [4.69, 9.17) is 4.98 Å². The third-order valence-electron chi connectivity index (χ3n) is 3.96. The highest BCUT2D eigenvalue weighted by Crippen LogP contribution is 2.19. The van der Waals surface area contributed by atoms with E-state index in [1.165, 1.54) is 10.6 Å². The average molecular weight is 505 g/mol. The van der Waals surface area contributed by atoms with Crippen molar-refractivity contribution in [2.45, 2.75) is 38.0 Å². The van der Waals surface area contributed by atoms with E-state index >= 15 is 0 Å². The monoisotopic (exact) mass is 504 g/mol. The van der Waals surface area contributed by atoms with Crippen molar-refractivity contribution in [2.24, 2.45) is 4.99 Å². The maximum Gasteiger partial charge on any atom is 0.191 e. The van der Waals surface area contributed by atoms with Gasteiger partial charge in [0.25, 0.3) is 0 Å². The number of hydrogen-bond acceptors (Lipinski definition) is 4. The van der Waals surface area contributed by atoms with E-state index < -0.39 is 0 Å². The molecule has 1 heterocycles. The van der Waals surface area contributed by atoms with Crippen molar-refractivity contribution in [1.29, 1.82) is 0 Å². The minimum atomic E-state index is 0. The first-order chi connectivity index (χ1) is 12.0. The number of nitrogens with one attached hydrogen (secondary N) is 2. The normalized spacial score (nSPS) is 11.8. The fraction of sp³-hybridized carbons (Fsp3) is 0.474. The molecule has 0 saturated heterocycles. The summed E-state index contributed by atoms with van der Waals surface area (Å²) in [5.41, 5.74) is 2.43. The van der Waals surface area contributed by atoms with E-state index in [0.29, 0.717) is 6.54 Å². The summed E-state index contributed by atoms with van der Waals surface area (Å²) >= 11 is 3.58. The molecule has 0 aliphatic rings. The Bertz CT molecular complexity index is 671. The van der Waals surface area contributed by atoms with Gasteiger partial charge >= 0.3 is 0 Å². The largest absolute Gasteiger partial charge is 0.355 e. The standard InChI is InChI=1S/C19H28N4S2.HI/c1-19(2,24-4)14-22-18(20-3)21-12-16-13-25-17(23-16)11-10-15-8-6-5-7-9-15;/h5-9,13H,10-12,14H2,1-4H3,(H2,20,21,22);1H. The summed E-state index contributed by atoms with van der Waals surface area (Å²) in [6, 6.07) is 10.6. The SMILES string of the molecule is CN=C(NCc1csc(CCc2ccccc2)n1)NCC(C)(C)SC.I. The molecule has 26 heavy (non-hydrogen) atoms. The van der Waals surface area contributed by atoms with Crippen LogP contribution < -0.4 is 10.6 Å². The van der Waals surface area contributed by atoms with Gasteiger partial charge in [0, 0.05) is 30.1 Å². The highest BCUT2D eigenvalue weighted by Gasteiger charge is 2.16. The number of aromatic nitrogens is 1. The van der Waals surface area contributed by atoms with Crippen molar-refractivity contribution in [1.82, 2.24) is 15.6 Å². The number of aryl methyl sites for hydroxylation is 2. The Labute approximate surface area is 182 Å². The molecule has 0 aliphatic heterocycles. The minimum absolute atomic E-state index is 0. The van der Waals surface area contributed by atoms with Crippen molar-refractivity contribution < 1.29 is 0 Å². The Hall–Kier alpha value is -0.800. The number of aliphatic imine (C=N–C) groups is 1. The zero-order valence-corrected chi connectivity index (χ0v) is 19.9. The third-order valence-corrected chi connectivity index (χ3v) is 6.17. The first-order valence-corrected chi connectivity index (χ1v) is 10.6. The van der Waals surface area contributed by atoms with Gasteiger partial charge in [-0.3, -0.25) is 4.99 Å². The van der Waals surface area contributed by atoms with E-state index in [-0.39, 0.29) is 28.7 Å². The highest BCUT2D eigenvalue weighted by molar-refractivity contribution is 14.0. The van der Waals surface area contributed by atoms with E-state index in [1.807, 2.05) is 11.8 Å². The number of nitrogens with zero attached hydrogens (tertiary/aromatic N) is 2. The van der Waals surface area contributed by atoms with E-state index in [1.54, 1.807) is 18.4 Å². The summed E-state index contributed by atoms with van der Waals surface area (Å²) < 4.78 is 0.183. The summed E-state index contributed by atoms with van der Waals surface area (Å²) in [6.07, 6.45) is 4.15. The van der Waals surface area contributed by atoms with Gasteiger partial charge in [0.15, 0.2) is 5.96 Å². The second-order valence-corrected chi connectivity index (χ2v) is 8.92. The lowest BCUT2D eigenvalue weighted by molar-refractivity contribution is 0.663. The van der Waals surface area contributed by atoms with E-state index in [2.05, 4.69) is 71.4 Å². The molecule has 0 radical (unpaired) electrons.